The van der Waals surface area contributed by atoms with E-state index in [0.717, 1.165) is 16.1 Å². The van der Waals surface area contributed by atoms with Crippen LogP contribution in [-0.4, -0.2) is 36.0 Å². The Morgan fingerprint density at radius 3 is 2.06 bits per heavy atom. The highest BCUT2D eigenvalue weighted by atomic mass is 32.2. The number of anilines is 1. The summed E-state index contributed by atoms with van der Waals surface area (Å²) in [5, 5.41) is 2.85. The van der Waals surface area contributed by atoms with Gasteiger partial charge in [-0.1, -0.05) is 36.4 Å². The van der Waals surface area contributed by atoms with E-state index in [4.69, 9.17) is 0 Å². The Hall–Kier alpha value is -3.17. The first kappa shape index (κ1) is 23.5. The summed E-state index contributed by atoms with van der Waals surface area (Å²) in [7, 11) is -5.63. The van der Waals surface area contributed by atoms with E-state index in [2.05, 4.69) is 5.32 Å². The molecule has 1 atom stereocenters. The second-order valence-corrected chi connectivity index (χ2v) is 11.4. The average molecular weight is 473 g/mol. The van der Waals surface area contributed by atoms with Gasteiger partial charge in [0.15, 0.2) is 9.84 Å². The van der Waals surface area contributed by atoms with E-state index in [1.54, 1.807) is 55.5 Å². The van der Waals surface area contributed by atoms with Crippen molar-refractivity contribution in [3.63, 3.8) is 0 Å². The van der Waals surface area contributed by atoms with Crippen molar-refractivity contribution in [2.75, 3.05) is 17.6 Å². The smallest absolute Gasteiger partial charge is 0.264 e. The lowest BCUT2D eigenvalue weighted by Gasteiger charge is -2.20. The van der Waals surface area contributed by atoms with Crippen molar-refractivity contribution in [3.05, 3.63) is 90.0 Å². The Morgan fingerprint density at radius 1 is 0.844 bits per heavy atom. The molecule has 0 saturated heterocycles. The molecule has 7 nitrogen and oxygen atoms in total. The number of rotatable bonds is 7. The van der Waals surface area contributed by atoms with E-state index in [-0.39, 0.29) is 21.7 Å². The number of amides is 1. The fourth-order valence-electron chi connectivity index (χ4n) is 3.10. The van der Waals surface area contributed by atoms with Gasteiger partial charge in [0.2, 0.25) is 0 Å². The molecule has 0 aromatic heterocycles. The molecular weight excluding hydrogens is 448 g/mol. The largest absolute Gasteiger partial charge is 0.346 e. The minimum absolute atomic E-state index is 0.156. The molecule has 0 radical (unpaired) electrons. The predicted molar refractivity (Wildman–Crippen MR) is 124 cm³/mol. The van der Waals surface area contributed by atoms with Gasteiger partial charge in [0, 0.05) is 18.9 Å². The van der Waals surface area contributed by atoms with E-state index in [9.17, 15) is 21.6 Å². The second kappa shape index (κ2) is 9.13. The SMILES string of the molecule is CC(NC(=O)c1cccc(N(C)S(=O)(=O)c2ccccc2)c1)c1ccc(S(C)(=O)=O)cc1. The predicted octanol–water partition coefficient (Wildman–Crippen LogP) is 3.41. The van der Waals surface area contributed by atoms with Crippen LogP contribution in [0.5, 0.6) is 0 Å². The van der Waals surface area contributed by atoms with Crippen molar-refractivity contribution < 1.29 is 21.6 Å². The molecule has 0 heterocycles. The van der Waals surface area contributed by atoms with Crippen molar-refractivity contribution in [1.29, 1.82) is 0 Å². The highest BCUT2D eigenvalue weighted by Gasteiger charge is 2.22. The van der Waals surface area contributed by atoms with Crippen molar-refractivity contribution >= 4 is 31.5 Å². The average Bonchev–Trinajstić information content (AvgIpc) is 2.78. The Bertz CT molecular complexity index is 1320. The summed E-state index contributed by atoms with van der Waals surface area (Å²) < 4.78 is 50.1. The fourth-order valence-corrected chi connectivity index (χ4v) is 4.94. The van der Waals surface area contributed by atoms with Crippen LogP contribution in [0.25, 0.3) is 0 Å². The number of nitrogens with zero attached hydrogens (tertiary/aromatic N) is 1. The monoisotopic (exact) mass is 472 g/mol. The molecule has 3 aromatic carbocycles. The summed E-state index contributed by atoms with van der Waals surface area (Å²) in [6.07, 6.45) is 1.13. The standard InChI is InChI=1S/C23H24N2O5S2/c1-17(18-12-14-21(15-13-18)31(3,27)28)24-23(26)19-8-7-9-20(16-19)25(2)32(29,30)22-10-5-4-6-11-22/h4-17H,1-3H3,(H,24,26). The van der Waals surface area contributed by atoms with Crippen LogP contribution >= 0.6 is 0 Å². The maximum absolute atomic E-state index is 12.9. The number of sulfone groups is 1. The van der Waals surface area contributed by atoms with E-state index in [1.807, 2.05) is 0 Å². The third kappa shape index (κ3) is 5.17. The number of benzene rings is 3. The van der Waals surface area contributed by atoms with Crippen LogP contribution in [0.15, 0.2) is 88.7 Å². The minimum atomic E-state index is -3.76. The molecule has 3 rings (SSSR count). The normalized spacial score (nSPS) is 12.7. The quantitative estimate of drug-likeness (QED) is 0.568. The molecular formula is C23H24N2O5S2. The van der Waals surface area contributed by atoms with Crippen LogP contribution < -0.4 is 9.62 Å². The van der Waals surface area contributed by atoms with Crippen LogP contribution in [0.1, 0.15) is 28.9 Å². The summed E-state index contributed by atoms with van der Waals surface area (Å²) in [6, 6.07) is 20.3. The van der Waals surface area contributed by atoms with E-state index in [1.165, 1.54) is 37.4 Å². The highest BCUT2D eigenvalue weighted by Crippen LogP contribution is 2.23. The second-order valence-electron chi connectivity index (χ2n) is 7.37. The van der Waals surface area contributed by atoms with Gasteiger partial charge >= 0.3 is 0 Å². The molecule has 0 spiro atoms. The zero-order chi connectivity index (χ0) is 23.5. The van der Waals surface area contributed by atoms with Gasteiger partial charge in [-0.05, 0) is 55.0 Å². The van der Waals surface area contributed by atoms with Crippen molar-refractivity contribution in [2.24, 2.45) is 0 Å². The van der Waals surface area contributed by atoms with Crippen LogP contribution in [0.3, 0.4) is 0 Å². The van der Waals surface area contributed by atoms with Gasteiger partial charge in [-0.15, -0.1) is 0 Å². The fraction of sp³-hybridized carbons (Fsp3) is 0.174. The number of hydrogen-bond acceptors (Lipinski definition) is 5. The van der Waals surface area contributed by atoms with Gasteiger partial charge in [0.05, 0.1) is 21.5 Å². The molecule has 9 heteroatoms. The molecule has 0 fully saturated rings. The van der Waals surface area contributed by atoms with E-state index >= 15 is 0 Å². The first-order valence-electron chi connectivity index (χ1n) is 9.75. The molecule has 0 aliphatic heterocycles. The topological polar surface area (TPSA) is 101 Å². The molecule has 168 valence electrons. The first-order chi connectivity index (χ1) is 15.0. The molecule has 1 N–H and O–H groups in total. The maximum atomic E-state index is 12.9. The lowest BCUT2D eigenvalue weighted by Crippen LogP contribution is -2.28. The number of hydrogen-bond donors (Lipinski definition) is 1. The van der Waals surface area contributed by atoms with Crippen molar-refractivity contribution in [1.82, 2.24) is 5.32 Å². The van der Waals surface area contributed by atoms with Gasteiger partial charge in [0.1, 0.15) is 0 Å². The maximum Gasteiger partial charge on any atom is 0.264 e. The number of carbonyl (C=O) groups excluding carboxylic acids is 1. The van der Waals surface area contributed by atoms with Gasteiger partial charge in [-0.25, -0.2) is 16.8 Å². The summed E-state index contributed by atoms with van der Waals surface area (Å²) in [6.45, 7) is 1.78. The molecule has 0 bridgehead atoms. The van der Waals surface area contributed by atoms with Gasteiger partial charge in [-0.3, -0.25) is 9.10 Å². The summed E-state index contributed by atoms with van der Waals surface area (Å²) in [5.74, 6) is -0.378. The van der Waals surface area contributed by atoms with E-state index < -0.39 is 19.9 Å². The number of carbonyl (C=O) groups is 1. The summed E-state index contributed by atoms with van der Waals surface area (Å²) >= 11 is 0. The molecule has 32 heavy (non-hydrogen) atoms. The third-order valence-electron chi connectivity index (χ3n) is 5.03. The molecule has 0 saturated carbocycles. The van der Waals surface area contributed by atoms with Gasteiger partial charge in [0.25, 0.3) is 15.9 Å². The zero-order valence-electron chi connectivity index (χ0n) is 17.9. The van der Waals surface area contributed by atoms with Crippen LogP contribution in [-0.2, 0) is 19.9 Å². The highest BCUT2D eigenvalue weighted by molar-refractivity contribution is 7.92. The first-order valence-corrected chi connectivity index (χ1v) is 13.1. The minimum Gasteiger partial charge on any atom is -0.346 e. The van der Waals surface area contributed by atoms with Crippen LogP contribution in [0.4, 0.5) is 5.69 Å². The Morgan fingerprint density at radius 2 is 1.47 bits per heavy atom. The Labute approximate surface area is 188 Å². The molecule has 0 aliphatic rings. The van der Waals surface area contributed by atoms with Crippen molar-refractivity contribution in [2.45, 2.75) is 22.8 Å². The lowest BCUT2D eigenvalue weighted by atomic mass is 10.1. The summed E-state index contributed by atoms with van der Waals surface area (Å²) in [5.41, 5.74) is 1.40. The van der Waals surface area contributed by atoms with Crippen LogP contribution in [0, 0.1) is 0 Å². The zero-order valence-corrected chi connectivity index (χ0v) is 19.5. The van der Waals surface area contributed by atoms with Crippen LogP contribution in [0.2, 0.25) is 0 Å². The van der Waals surface area contributed by atoms with Gasteiger partial charge < -0.3 is 5.32 Å². The third-order valence-corrected chi connectivity index (χ3v) is 7.96. The van der Waals surface area contributed by atoms with Gasteiger partial charge in [-0.2, -0.15) is 0 Å². The Balaban J connectivity index is 1.78. The summed E-state index contributed by atoms with van der Waals surface area (Å²) in [4.78, 5) is 13.1. The Kier molecular flexibility index (Phi) is 6.71. The molecule has 1 amide bonds. The molecule has 0 aliphatic carbocycles. The molecule has 1 unspecified atom stereocenters. The van der Waals surface area contributed by atoms with E-state index in [0.29, 0.717) is 11.3 Å². The van der Waals surface area contributed by atoms with Crippen molar-refractivity contribution in [3.8, 4) is 0 Å². The number of sulfonamides is 1. The lowest BCUT2D eigenvalue weighted by molar-refractivity contribution is 0.0940. The molecule has 3 aromatic rings. The number of nitrogens with one attached hydrogen (secondary N) is 1.